The Hall–Kier alpha value is -5.32. The number of alkyl halides is 3. The highest BCUT2D eigenvalue weighted by Gasteiger charge is 2.35. The first-order valence-electron chi connectivity index (χ1n) is 11.8. The van der Waals surface area contributed by atoms with Crippen LogP contribution in [-0.4, -0.2) is 34.3 Å². The molecule has 0 aliphatic heterocycles. The maximum atomic E-state index is 14.1. The standard InChI is InChI=1S/C28H16F3N7O/c29-28(30,31)21-11-19(6-8-25(21)37-15-32-14-35-37)38-26-20-10-16(5-7-23(20)34-13-24(26)36-27(38)39)18-9-17-3-1-2-4-22(17)33-12-18/h1-15H,(H,36,39). The number of aromatic nitrogens is 7. The predicted octanol–water partition coefficient (Wildman–Crippen LogP) is 5.68. The number of H-pyrrole nitrogens is 1. The van der Waals surface area contributed by atoms with E-state index in [1.807, 2.05) is 48.5 Å². The van der Waals surface area contributed by atoms with Crippen LogP contribution in [0.5, 0.6) is 0 Å². The van der Waals surface area contributed by atoms with Gasteiger partial charge in [-0.3, -0.25) is 14.5 Å². The van der Waals surface area contributed by atoms with Crippen molar-refractivity contribution in [3.63, 3.8) is 0 Å². The molecule has 0 fully saturated rings. The summed E-state index contributed by atoms with van der Waals surface area (Å²) < 4.78 is 44.6. The van der Waals surface area contributed by atoms with Gasteiger partial charge in [-0.05, 0) is 48.0 Å². The van der Waals surface area contributed by atoms with Crippen LogP contribution in [0.3, 0.4) is 0 Å². The summed E-state index contributed by atoms with van der Waals surface area (Å²) in [4.78, 5) is 28.6. The third-order valence-corrected chi connectivity index (χ3v) is 6.64. The average molecular weight is 523 g/mol. The van der Waals surface area contributed by atoms with Crippen LogP contribution in [0, 0.1) is 0 Å². The first kappa shape index (κ1) is 22.8. The van der Waals surface area contributed by atoms with Crippen molar-refractivity contribution in [3.05, 3.63) is 108 Å². The van der Waals surface area contributed by atoms with Gasteiger partial charge in [-0.2, -0.15) is 18.3 Å². The van der Waals surface area contributed by atoms with E-state index in [0.29, 0.717) is 21.9 Å². The van der Waals surface area contributed by atoms with Crippen LogP contribution in [-0.2, 0) is 6.18 Å². The maximum absolute atomic E-state index is 14.1. The Morgan fingerprint density at radius 1 is 0.846 bits per heavy atom. The summed E-state index contributed by atoms with van der Waals surface area (Å²) in [6.07, 6.45) is 0.901. The molecule has 3 aromatic carbocycles. The van der Waals surface area contributed by atoms with E-state index in [1.165, 1.54) is 29.2 Å². The SMILES string of the molecule is O=c1[nH]c2cnc3ccc(-c4cnc5ccccc5c4)cc3c2n1-c1ccc(-n2cncn2)c(C(F)(F)F)c1. The van der Waals surface area contributed by atoms with Gasteiger partial charge in [0.25, 0.3) is 0 Å². The van der Waals surface area contributed by atoms with Crippen molar-refractivity contribution >= 4 is 32.8 Å². The number of fused-ring (bicyclic) bond motifs is 4. The van der Waals surface area contributed by atoms with Crippen LogP contribution in [0.1, 0.15) is 5.56 Å². The predicted molar refractivity (Wildman–Crippen MR) is 140 cm³/mol. The monoisotopic (exact) mass is 523 g/mol. The van der Waals surface area contributed by atoms with E-state index in [-0.39, 0.29) is 11.4 Å². The lowest BCUT2D eigenvalue weighted by molar-refractivity contribution is -0.137. The Labute approximate surface area is 217 Å². The summed E-state index contributed by atoms with van der Waals surface area (Å²) in [5.41, 5.74) is 2.26. The molecule has 190 valence electrons. The lowest BCUT2D eigenvalue weighted by Crippen LogP contribution is -2.17. The van der Waals surface area contributed by atoms with Crippen LogP contribution in [0.4, 0.5) is 13.2 Å². The molecule has 0 saturated heterocycles. The quantitative estimate of drug-likeness (QED) is 0.322. The van der Waals surface area contributed by atoms with Gasteiger partial charge in [0.2, 0.25) is 0 Å². The van der Waals surface area contributed by atoms with Gasteiger partial charge in [-0.25, -0.2) is 14.5 Å². The number of imidazole rings is 1. The molecule has 0 spiro atoms. The molecular formula is C28H16F3N7O. The molecule has 4 aromatic heterocycles. The van der Waals surface area contributed by atoms with Crippen molar-refractivity contribution in [1.29, 1.82) is 0 Å². The Morgan fingerprint density at radius 3 is 2.51 bits per heavy atom. The molecule has 39 heavy (non-hydrogen) atoms. The molecule has 4 heterocycles. The highest BCUT2D eigenvalue weighted by atomic mass is 19.4. The molecule has 7 rings (SSSR count). The topological polar surface area (TPSA) is 94.3 Å². The molecule has 0 bridgehead atoms. The van der Waals surface area contributed by atoms with E-state index in [9.17, 15) is 18.0 Å². The van der Waals surface area contributed by atoms with Crippen LogP contribution in [0.25, 0.3) is 55.3 Å². The van der Waals surface area contributed by atoms with Gasteiger partial charge >= 0.3 is 11.9 Å². The molecular weight excluding hydrogens is 507 g/mol. The summed E-state index contributed by atoms with van der Waals surface area (Å²) in [6.45, 7) is 0. The number of hydrogen-bond donors (Lipinski definition) is 1. The number of nitrogens with one attached hydrogen (secondary N) is 1. The van der Waals surface area contributed by atoms with E-state index < -0.39 is 17.4 Å². The number of benzene rings is 3. The smallest absolute Gasteiger partial charge is 0.304 e. The third kappa shape index (κ3) is 3.74. The number of rotatable bonds is 3. The lowest BCUT2D eigenvalue weighted by atomic mass is 10.0. The number of pyridine rings is 2. The zero-order valence-corrected chi connectivity index (χ0v) is 19.9. The first-order chi connectivity index (χ1) is 18.9. The van der Waals surface area contributed by atoms with Crippen molar-refractivity contribution in [2.24, 2.45) is 0 Å². The van der Waals surface area contributed by atoms with Crippen LogP contribution in [0.15, 0.2) is 96.6 Å². The van der Waals surface area contributed by atoms with Gasteiger partial charge in [0.05, 0.1) is 45.2 Å². The lowest BCUT2D eigenvalue weighted by Gasteiger charge is -2.15. The van der Waals surface area contributed by atoms with E-state index in [0.717, 1.165) is 39.1 Å². The Balaban J connectivity index is 1.46. The average Bonchev–Trinajstić information content (AvgIpc) is 3.59. The molecule has 0 aliphatic carbocycles. The van der Waals surface area contributed by atoms with Gasteiger partial charge in [0, 0.05) is 22.5 Å². The molecule has 0 aliphatic rings. The number of hydrogen-bond acceptors (Lipinski definition) is 5. The molecule has 0 radical (unpaired) electrons. The van der Waals surface area contributed by atoms with Crippen molar-refractivity contribution in [2.45, 2.75) is 6.18 Å². The first-order valence-corrected chi connectivity index (χ1v) is 11.8. The minimum absolute atomic E-state index is 0.0488. The minimum atomic E-state index is -4.70. The second-order valence-electron chi connectivity index (χ2n) is 8.97. The van der Waals surface area contributed by atoms with Gasteiger partial charge in [-0.15, -0.1) is 0 Å². The van der Waals surface area contributed by atoms with Gasteiger partial charge in [-0.1, -0.05) is 24.3 Å². The van der Waals surface area contributed by atoms with E-state index in [1.54, 1.807) is 6.20 Å². The number of aromatic amines is 1. The fraction of sp³-hybridized carbons (Fsp3) is 0.0357. The minimum Gasteiger partial charge on any atom is -0.304 e. The molecule has 0 atom stereocenters. The molecule has 0 amide bonds. The van der Waals surface area contributed by atoms with Crippen LogP contribution < -0.4 is 5.69 Å². The van der Waals surface area contributed by atoms with Gasteiger partial charge < -0.3 is 4.98 Å². The molecule has 8 nitrogen and oxygen atoms in total. The van der Waals surface area contributed by atoms with Gasteiger partial charge in [0.1, 0.15) is 12.7 Å². The van der Waals surface area contributed by atoms with Gasteiger partial charge in [0.15, 0.2) is 0 Å². The number of nitrogens with zero attached hydrogens (tertiary/aromatic N) is 6. The van der Waals surface area contributed by atoms with E-state index >= 15 is 0 Å². The fourth-order valence-corrected chi connectivity index (χ4v) is 4.86. The number of halogens is 3. The third-order valence-electron chi connectivity index (χ3n) is 6.64. The highest BCUT2D eigenvalue weighted by Crippen LogP contribution is 2.36. The second-order valence-corrected chi connectivity index (χ2v) is 8.97. The summed E-state index contributed by atoms with van der Waals surface area (Å²) in [6, 6.07) is 19.0. The van der Waals surface area contributed by atoms with Crippen LogP contribution in [0.2, 0.25) is 0 Å². The highest BCUT2D eigenvalue weighted by molar-refractivity contribution is 6.04. The van der Waals surface area contributed by atoms with E-state index in [4.69, 9.17) is 0 Å². The zero-order chi connectivity index (χ0) is 26.7. The number of para-hydroxylation sites is 1. The van der Waals surface area contributed by atoms with E-state index in [2.05, 4.69) is 25.0 Å². The Morgan fingerprint density at radius 2 is 1.69 bits per heavy atom. The fourth-order valence-electron chi connectivity index (χ4n) is 4.86. The summed E-state index contributed by atoms with van der Waals surface area (Å²) >= 11 is 0. The summed E-state index contributed by atoms with van der Waals surface area (Å²) in [5, 5.41) is 5.41. The molecule has 0 saturated carbocycles. The summed E-state index contributed by atoms with van der Waals surface area (Å²) in [5.74, 6) is 0. The van der Waals surface area contributed by atoms with Crippen molar-refractivity contribution in [3.8, 4) is 22.5 Å². The maximum Gasteiger partial charge on any atom is 0.418 e. The Kier molecular flexibility index (Phi) is 4.89. The molecule has 11 heteroatoms. The van der Waals surface area contributed by atoms with Crippen molar-refractivity contribution < 1.29 is 13.2 Å². The summed E-state index contributed by atoms with van der Waals surface area (Å²) in [7, 11) is 0. The molecule has 1 N–H and O–H groups in total. The Bertz CT molecular complexity index is 2090. The largest absolute Gasteiger partial charge is 0.418 e. The normalized spacial score (nSPS) is 12.1. The molecule has 0 unspecified atom stereocenters. The second kappa shape index (κ2) is 8.35. The van der Waals surface area contributed by atoms with Crippen molar-refractivity contribution in [2.75, 3.05) is 0 Å². The molecule has 7 aromatic rings. The zero-order valence-electron chi connectivity index (χ0n) is 19.9. The van der Waals surface area contributed by atoms with Crippen molar-refractivity contribution in [1.82, 2.24) is 34.3 Å². The van der Waals surface area contributed by atoms with Crippen LogP contribution >= 0.6 is 0 Å².